The molecule has 0 heterocycles. The minimum absolute atomic E-state index is 0.0253. The number of hydrogen-bond donors (Lipinski definition) is 0. The van der Waals surface area contributed by atoms with Crippen LogP contribution in [0.1, 0.15) is 79.6 Å². The Kier molecular flexibility index (Phi) is 6.64. The average molecular weight is 475 g/mol. The molecule has 0 spiro atoms. The van der Waals surface area contributed by atoms with Gasteiger partial charge in [0.05, 0.1) is 5.71 Å². The Labute approximate surface area is 201 Å². The van der Waals surface area contributed by atoms with Crippen molar-refractivity contribution in [3.8, 4) is 0 Å². The molecule has 0 aromatic rings. The highest BCUT2D eigenvalue weighted by Gasteiger charge is 2.62. The summed E-state index contributed by atoms with van der Waals surface area (Å²) in [5.74, 6) is 0.501. The Balaban J connectivity index is 1.63. The molecule has 0 bridgehead atoms. The van der Waals surface area contributed by atoms with Gasteiger partial charge in [-0.2, -0.15) is 0 Å². The summed E-state index contributed by atoms with van der Waals surface area (Å²) in [7, 11) is 0. The van der Waals surface area contributed by atoms with Gasteiger partial charge in [0.15, 0.2) is 0 Å². The van der Waals surface area contributed by atoms with Gasteiger partial charge in [-0.3, -0.25) is 14.9 Å². The van der Waals surface area contributed by atoms with Gasteiger partial charge in [-0.1, -0.05) is 30.7 Å². The first-order valence-electron chi connectivity index (χ1n) is 12.7. The fourth-order valence-electron chi connectivity index (χ4n) is 8.52. The van der Waals surface area contributed by atoms with Crippen molar-refractivity contribution in [2.45, 2.75) is 85.7 Å². The molecule has 0 unspecified atom stereocenters. The van der Waals surface area contributed by atoms with Crippen LogP contribution in [0.4, 0.5) is 0 Å². The highest BCUT2D eigenvalue weighted by Crippen LogP contribution is 2.67. The molecule has 4 aliphatic rings. The molecule has 8 nitrogen and oxygen atoms in total. The lowest BCUT2D eigenvalue weighted by Gasteiger charge is -2.58. The summed E-state index contributed by atoms with van der Waals surface area (Å²) in [5.41, 5.74) is 2.12. The van der Waals surface area contributed by atoms with E-state index in [0.717, 1.165) is 44.9 Å². The first-order valence-corrected chi connectivity index (χ1v) is 12.7. The molecular formula is C26H38N2O6. The molecule has 4 aliphatic carbocycles. The van der Waals surface area contributed by atoms with Crippen molar-refractivity contribution in [2.75, 3.05) is 6.54 Å². The number of oxime groups is 1. The molecule has 8 atom stereocenters. The molecule has 188 valence electrons. The quantitative estimate of drug-likeness (QED) is 0.139. The van der Waals surface area contributed by atoms with Gasteiger partial charge in [0.1, 0.15) is 6.10 Å². The first-order chi connectivity index (χ1) is 16.0. The van der Waals surface area contributed by atoms with E-state index in [0.29, 0.717) is 23.5 Å². The Morgan fingerprint density at radius 1 is 1.15 bits per heavy atom. The summed E-state index contributed by atoms with van der Waals surface area (Å²) in [4.78, 5) is 39.2. The number of hydrogen-bond acceptors (Lipinski definition) is 7. The normalized spacial score (nSPS) is 41.4. The third-order valence-electron chi connectivity index (χ3n) is 9.72. The van der Waals surface area contributed by atoms with Crippen LogP contribution in [0.3, 0.4) is 0 Å². The molecule has 0 N–H and O–H groups in total. The largest absolute Gasteiger partial charge is 0.462 e. The first kappa shape index (κ1) is 24.9. The Hall–Kier alpha value is -2.25. The number of nitro groups is 1. The van der Waals surface area contributed by atoms with Crippen molar-refractivity contribution in [1.82, 2.24) is 0 Å². The van der Waals surface area contributed by atoms with Crippen molar-refractivity contribution >= 4 is 17.7 Å². The van der Waals surface area contributed by atoms with E-state index in [2.05, 4.69) is 25.1 Å². The number of rotatable bonds is 5. The lowest BCUT2D eigenvalue weighted by Crippen LogP contribution is -2.51. The van der Waals surface area contributed by atoms with Gasteiger partial charge in [-0.15, -0.1) is 0 Å². The number of nitrogens with zero attached hydrogens (tertiary/aromatic N) is 2. The monoisotopic (exact) mass is 474 g/mol. The molecule has 0 saturated heterocycles. The highest BCUT2D eigenvalue weighted by atomic mass is 16.7. The van der Waals surface area contributed by atoms with Crippen molar-refractivity contribution in [3.05, 3.63) is 21.8 Å². The maximum Gasteiger partial charge on any atom is 0.331 e. The molecule has 8 heteroatoms. The summed E-state index contributed by atoms with van der Waals surface area (Å²) in [6.07, 6.45) is 8.93. The minimum atomic E-state index is -0.476. The third kappa shape index (κ3) is 4.29. The molecule has 0 radical (unpaired) electrons. The number of allylic oxidation sites excluding steroid dienone is 1. The van der Waals surface area contributed by atoms with E-state index in [1.54, 1.807) is 0 Å². The van der Waals surface area contributed by atoms with Crippen LogP contribution >= 0.6 is 0 Å². The molecule has 0 aliphatic heterocycles. The van der Waals surface area contributed by atoms with Crippen LogP contribution in [0.2, 0.25) is 0 Å². The van der Waals surface area contributed by atoms with Crippen LogP contribution in [0.5, 0.6) is 0 Å². The van der Waals surface area contributed by atoms with Crippen molar-refractivity contribution in [2.24, 2.45) is 45.6 Å². The zero-order valence-corrected chi connectivity index (χ0v) is 21.0. The lowest BCUT2D eigenvalue weighted by atomic mass is 9.47. The van der Waals surface area contributed by atoms with Crippen LogP contribution in [-0.2, 0) is 19.2 Å². The SMILES string of the molecule is CC(=O)O/N=C(\C)[C@H]1[C@H](C[N+](=O)[O-])C[C@@H]2[C@H]3CC=C4C[C@@H](OC(C)=O)CC[C@]4(C)[C@H]3CC[C@@]21C. The topological polar surface area (TPSA) is 108 Å². The summed E-state index contributed by atoms with van der Waals surface area (Å²) < 4.78 is 5.55. The van der Waals surface area contributed by atoms with Crippen molar-refractivity contribution < 1.29 is 24.1 Å². The maximum atomic E-state index is 11.6. The second-order valence-electron chi connectivity index (χ2n) is 11.6. The average Bonchev–Trinajstić information content (AvgIpc) is 3.03. The zero-order valence-electron chi connectivity index (χ0n) is 21.0. The van der Waals surface area contributed by atoms with E-state index in [9.17, 15) is 19.7 Å². The standard InChI is InChI=1S/C26H38N2O6/c1-15(27-34-17(3)30)24-18(14-28(31)32)12-23-21-7-6-19-13-20(33-16(2)29)8-10-25(19,4)22(21)9-11-26(23,24)5/h6,18,20-24H,7-14H2,1-5H3/b27-15+/t18-,20-,21-,22-,23+,24-,25-,26-/m0/s1. The maximum absolute atomic E-state index is 11.6. The van der Waals surface area contributed by atoms with Gasteiger partial charge < -0.3 is 9.57 Å². The van der Waals surface area contributed by atoms with Gasteiger partial charge in [-0.05, 0) is 74.0 Å². The smallest absolute Gasteiger partial charge is 0.331 e. The zero-order chi connectivity index (χ0) is 24.8. The summed E-state index contributed by atoms with van der Waals surface area (Å²) in [6.45, 7) is 9.24. The van der Waals surface area contributed by atoms with E-state index in [1.807, 2.05) is 6.92 Å². The van der Waals surface area contributed by atoms with Crippen molar-refractivity contribution in [1.29, 1.82) is 0 Å². The second-order valence-corrected chi connectivity index (χ2v) is 11.6. The van der Waals surface area contributed by atoms with E-state index >= 15 is 0 Å². The van der Waals surface area contributed by atoms with Crippen LogP contribution in [0.25, 0.3) is 0 Å². The van der Waals surface area contributed by atoms with Crippen molar-refractivity contribution in [3.63, 3.8) is 0 Å². The number of esters is 1. The number of fused-ring (bicyclic) bond motifs is 5. The van der Waals surface area contributed by atoms with E-state index in [4.69, 9.17) is 9.57 Å². The molecule has 0 amide bonds. The van der Waals surface area contributed by atoms with E-state index in [-0.39, 0.29) is 46.2 Å². The second kappa shape index (κ2) is 9.08. The third-order valence-corrected chi connectivity index (χ3v) is 9.72. The predicted molar refractivity (Wildman–Crippen MR) is 126 cm³/mol. The Morgan fingerprint density at radius 2 is 1.88 bits per heavy atom. The molecule has 3 fully saturated rings. The van der Waals surface area contributed by atoms with Crippen LogP contribution in [0, 0.1) is 50.5 Å². The van der Waals surface area contributed by atoms with E-state index in [1.165, 1.54) is 19.4 Å². The molecule has 4 rings (SSSR count). The predicted octanol–water partition coefficient (Wildman–Crippen LogP) is 4.94. The number of ether oxygens (including phenoxy) is 1. The van der Waals surface area contributed by atoms with Gasteiger partial charge in [0.25, 0.3) is 0 Å². The van der Waals surface area contributed by atoms with Crippen LogP contribution in [0.15, 0.2) is 16.8 Å². The van der Waals surface area contributed by atoms with Crippen LogP contribution in [-0.4, -0.2) is 35.2 Å². The lowest BCUT2D eigenvalue weighted by molar-refractivity contribution is -0.489. The molecule has 34 heavy (non-hydrogen) atoms. The van der Waals surface area contributed by atoms with Gasteiger partial charge in [-0.25, -0.2) is 4.79 Å². The molecule has 0 aromatic heterocycles. The van der Waals surface area contributed by atoms with Crippen LogP contribution < -0.4 is 0 Å². The fraction of sp³-hybridized carbons (Fsp3) is 0.808. The molecular weight excluding hydrogens is 436 g/mol. The molecule has 3 saturated carbocycles. The Morgan fingerprint density at radius 3 is 2.53 bits per heavy atom. The van der Waals surface area contributed by atoms with Gasteiger partial charge >= 0.3 is 11.9 Å². The summed E-state index contributed by atoms with van der Waals surface area (Å²) >= 11 is 0. The number of carbonyl (C=O) groups excluding carboxylic acids is 2. The van der Waals surface area contributed by atoms with Gasteiger partial charge in [0, 0.05) is 37.0 Å². The highest BCUT2D eigenvalue weighted by molar-refractivity contribution is 5.86. The molecule has 0 aromatic carbocycles. The Bertz CT molecular complexity index is 928. The van der Waals surface area contributed by atoms with E-state index < -0.39 is 5.97 Å². The minimum Gasteiger partial charge on any atom is -0.462 e. The fourth-order valence-corrected chi connectivity index (χ4v) is 8.52. The number of carbonyl (C=O) groups is 2. The summed E-state index contributed by atoms with van der Waals surface area (Å²) in [6, 6.07) is 0. The van der Waals surface area contributed by atoms with Gasteiger partial charge in [0.2, 0.25) is 6.54 Å². The summed E-state index contributed by atoms with van der Waals surface area (Å²) in [5, 5.41) is 15.7.